The Balaban J connectivity index is 1.38. The van der Waals surface area contributed by atoms with Crippen molar-refractivity contribution in [2.24, 2.45) is 0 Å². The smallest absolute Gasteiger partial charge is 0.269 e. The van der Waals surface area contributed by atoms with Gasteiger partial charge < -0.3 is 9.47 Å². The molecule has 0 amide bonds. The number of pyridine rings is 1. The van der Waals surface area contributed by atoms with E-state index in [0.29, 0.717) is 22.8 Å². The summed E-state index contributed by atoms with van der Waals surface area (Å²) in [6, 6.07) is 10.8. The fourth-order valence-electron chi connectivity index (χ4n) is 4.46. The molecule has 0 atom stereocenters. The van der Waals surface area contributed by atoms with Crippen LogP contribution in [0.1, 0.15) is 48.9 Å². The molecule has 2 fully saturated rings. The molecule has 4 aromatic rings. The van der Waals surface area contributed by atoms with Gasteiger partial charge in [-0.1, -0.05) is 17.7 Å². The lowest BCUT2D eigenvalue weighted by atomic mass is 9.96. The van der Waals surface area contributed by atoms with E-state index in [9.17, 15) is 8.42 Å². The molecular formula is C25H26N4O4S. The summed E-state index contributed by atoms with van der Waals surface area (Å²) >= 11 is 0. The maximum absolute atomic E-state index is 13.3. The van der Waals surface area contributed by atoms with Crippen molar-refractivity contribution in [3.8, 4) is 11.5 Å². The monoisotopic (exact) mass is 478 g/mol. The lowest BCUT2D eigenvalue weighted by Gasteiger charge is -2.21. The van der Waals surface area contributed by atoms with Crippen LogP contribution >= 0.6 is 0 Å². The highest BCUT2D eigenvalue weighted by atomic mass is 32.2. The van der Waals surface area contributed by atoms with Crippen LogP contribution in [0.15, 0.2) is 59.9 Å². The van der Waals surface area contributed by atoms with E-state index in [1.165, 1.54) is 10.2 Å². The summed E-state index contributed by atoms with van der Waals surface area (Å²) in [5, 5.41) is 5.52. The minimum Gasteiger partial charge on any atom is -0.453 e. The first-order chi connectivity index (χ1) is 16.5. The molecule has 1 aliphatic heterocycles. The van der Waals surface area contributed by atoms with Crippen molar-refractivity contribution in [1.82, 2.24) is 18.7 Å². The summed E-state index contributed by atoms with van der Waals surface area (Å²) in [7, 11) is -3.78. The highest BCUT2D eigenvalue weighted by Gasteiger charge is 2.30. The summed E-state index contributed by atoms with van der Waals surface area (Å²) in [6.07, 6.45) is 9.19. The molecule has 1 saturated heterocycles. The molecule has 6 rings (SSSR count). The number of hydrogen-bond donors (Lipinski definition) is 0. The van der Waals surface area contributed by atoms with Crippen molar-refractivity contribution in [2.45, 2.75) is 49.5 Å². The number of aryl methyl sites for hydroxylation is 1. The Hall–Kier alpha value is -3.17. The molecule has 9 heteroatoms. The van der Waals surface area contributed by atoms with Crippen LogP contribution in [0, 0.1) is 6.92 Å². The van der Waals surface area contributed by atoms with Gasteiger partial charge in [0.25, 0.3) is 10.0 Å². The molecule has 3 aromatic heterocycles. The summed E-state index contributed by atoms with van der Waals surface area (Å²) in [6.45, 7) is 3.37. The predicted octanol–water partition coefficient (Wildman–Crippen LogP) is 4.80. The first kappa shape index (κ1) is 21.4. The van der Waals surface area contributed by atoms with Crippen molar-refractivity contribution in [2.75, 3.05) is 13.2 Å². The zero-order valence-corrected chi connectivity index (χ0v) is 19.7. The fourth-order valence-corrected chi connectivity index (χ4v) is 5.76. The summed E-state index contributed by atoms with van der Waals surface area (Å²) < 4.78 is 41.8. The third kappa shape index (κ3) is 3.78. The molecule has 1 saturated carbocycles. The van der Waals surface area contributed by atoms with Gasteiger partial charge in [-0.3, -0.25) is 4.68 Å². The molecule has 1 aliphatic carbocycles. The Morgan fingerprint density at radius 1 is 1.00 bits per heavy atom. The Morgan fingerprint density at radius 3 is 2.50 bits per heavy atom. The highest BCUT2D eigenvalue weighted by molar-refractivity contribution is 7.90. The largest absolute Gasteiger partial charge is 0.453 e. The number of fused-ring (bicyclic) bond motifs is 1. The van der Waals surface area contributed by atoms with Crippen LogP contribution in [0.5, 0.6) is 11.5 Å². The molecular weight excluding hydrogens is 452 g/mol. The van der Waals surface area contributed by atoms with Gasteiger partial charge in [0.15, 0.2) is 11.4 Å². The molecule has 0 radical (unpaired) electrons. The van der Waals surface area contributed by atoms with Gasteiger partial charge in [-0.05, 0) is 56.9 Å². The Kier molecular flexibility index (Phi) is 5.18. The van der Waals surface area contributed by atoms with Crippen molar-refractivity contribution in [3.05, 3.63) is 66.2 Å². The molecule has 1 aromatic carbocycles. The second-order valence-corrected chi connectivity index (χ2v) is 10.9. The minimum absolute atomic E-state index is 0.219. The van der Waals surface area contributed by atoms with Gasteiger partial charge in [0.1, 0.15) is 11.4 Å². The van der Waals surface area contributed by atoms with Crippen molar-refractivity contribution >= 4 is 21.1 Å². The first-order valence-corrected chi connectivity index (χ1v) is 13.1. The number of nitrogens with zero attached hydrogens (tertiary/aromatic N) is 4. The van der Waals surface area contributed by atoms with E-state index in [1.807, 2.05) is 17.8 Å². The van der Waals surface area contributed by atoms with Gasteiger partial charge in [0.2, 0.25) is 0 Å². The third-order valence-electron chi connectivity index (χ3n) is 6.57. The average molecular weight is 479 g/mol. The van der Waals surface area contributed by atoms with Crippen molar-refractivity contribution < 1.29 is 17.9 Å². The second kappa shape index (κ2) is 8.25. The number of rotatable bonds is 6. The van der Waals surface area contributed by atoms with E-state index in [1.54, 1.807) is 42.6 Å². The van der Waals surface area contributed by atoms with Crippen molar-refractivity contribution in [3.63, 3.8) is 0 Å². The Bertz CT molecular complexity index is 1450. The van der Waals surface area contributed by atoms with E-state index in [4.69, 9.17) is 14.6 Å². The molecule has 34 heavy (non-hydrogen) atoms. The van der Waals surface area contributed by atoms with Crippen LogP contribution in [0.25, 0.3) is 11.0 Å². The first-order valence-electron chi connectivity index (χ1n) is 11.6. The van der Waals surface area contributed by atoms with Gasteiger partial charge in [-0.2, -0.15) is 5.10 Å². The SMILES string of the molecule is Cc1ccc(S(=O)(=O)n2ccc3c(Oc4cn(C5CC5)nc4C4CCOCC4)ccnc32)cc1. The van der Waals surface area contributed by atoms with Crippen molar-refractivity contribution in [1.29, 1.82) is 0 Å². The highest BCUT2D eigenvalue weighted by Crippen LogP contribution is 2.41. The molecule has 2 aliphatic rings. The third-order valence-corrected chi connectivity index (χ3v) is 8.25. The molecule has 0 N–H and O–H groups in total. The standard InChI is InChI=1S/C25H26N4O4S/c1-17-2-6-20(7-3-17)34(30,31)29-13-9-21-22(8-12-26-25(21)29)33-23-16-28(19-4-5-19)27-24(23)18-10-14-32-15-11-18/h2-3,6-9,12-13,16,18-19H,4-5,10-11,14-15H2,1H3. The normalized spacial score (nSPS) is 17.3. The second-order valence-electron chi connectivity index (χ2n) is 9.05. The van der Waals surface area contributed by atoms with Crippen LogP contribution in [0.4, 0.5) is 0 Å². The minimum atomic E-state index is -3.78. The molecule has 0 bridgehead atoms. The van der Waals surface area contributed by atoms with Gasteiger partial charge in [0, 0.05) is 31.5 Å². The maximum Gasteiger partial charge on any atom is 0.269 e. The lowest BCUT2D eigenvalue weighted by Crippen LogP contribution is -2.15. The fraction of sp³-hybridized carbons (Fsp3) is 0.360. The van der Waals surface area contributed by atoms with E-state index >= 15 is 0 Å². The molecule has 0 unspecified atom stereocenters. The topological polar surface area (TPSA) is 88.2 Å². The summed E-state index contributed by atoms with van der Waals surface area (Å²) in [5.41, 5.74) is 2.28. The number of hydrogen-bond acceptors (Lipinski definition) is 6. The van der Waals surface area contributed by atoms with Gasteiger partial charge in [-0.15, -0.1) is 0 Å². The summed E-state index contributed by atoms with van der Waals surface area (Å²) in [5.74, 6) is 1.57. The maximum atomic E-state index is 13.3. The average Bonchev–Trinajstić information content (AvgIpc) is 3.46. The molecule has 4 heterocycles. The number of aromatic nitrogens is 4. The van der Waals surface area contributed by atoms with Crippen LogP contribution in [-0.4, -0.2) is 40.4 Å². The van der Waals surface area contributed by atoms with E-state index < -0.39 is 10.0 Å². The summed E-state index contributed by atoms with van der Waals surface area (Å²) in [4.78, 5) is 4.59. The molecule has 0 spiro atoms. The Labute approximate surface area is 198 Å². The zero-order chi connectivity index (χ0) is 23.3. The van der Waals surface area contributed by atoms with Gasteiger partial charge in [-0.25, -0.2) is 17.4 Å². The quantitative estimate of drug-likeness (QED) is 0.396. The zero-order valence-electron chi connectivity index (χ0n) is 18.9. The Morgan fingerprint density at radius 2 is 1.76 bits per heavy atom. The molecule has 176 valence electrons. The van der Waals surface area contributed by atoms with Gasteiger partial charge in [0.05, 0.1) is 22.5 Å². The molecule has 8 nitrogen and oxygen atoms in total. The van der Waals surface area contributed by atoms with Crippen LogP contribution < -0.4 is 4.74 Å². The van der Waals surface area contributed by atoms with Crippen LogP contribution in [0.2, 0.25) is 0 Å². The number of ether oxygens (including phenoxy) is 2. The van der Waals surface area contributed by atoms with Crippen LogP contribution in [-0.2, 0) is 14.8 Å². The van der Waals surface area contributed by atoms with E-state index in [2.05, 4.69) is 4.98 Å². The number of benzene rings is 1. The predicted molar refractivity (Wildman–Crippen MR) is 127 cm³/mol. The van der Waals surface area contributed by atoms with Gasteiger partial charge >= 0.3 is 0 Å². The van der Waals surface area contributed by atoms with E-state index in [0.717, 1.165) is 55.9 Å². The van der Waals surface area contributed by atoms with E-state index in [-0.39, 0.29) is 10.8 Å². The lowest BCUT2D eigenvalue weighted by molar-refractivity contribution is 0.0839. The van der Waals surface area contributed by atoms with Crippen LogP contribution in [0.3, 0.4) is 0 Å².